The molecule has 0 aromatic heterocycles. The lowest BCUT2D eigenvalue weighted by Crippen LogP contribution is -2.58. The van der Waals surface area contributed by atoms with Crippen molar-refractivity contribution in [2.75, 3.05) is 7.11 Å². The first kappa shape index (κ1) is 30.1. The summed E-state index contributed by atoms with van der Waals surface area (Å²) in [5.41, 5.74) is 2.72. The number of carbonyl (C=O) groups is 2. The number of carboxylic acid groups (broad SMARTS) is 1. The molecule has 4 saturated carbocycles. The van der Waals surface area contributed by atoms with Gasteiger partial charge in [0.25, 0.3) is 0 Å². The van der Waals surface area contributed by atoms with Crippen molar-refractivity contribution in [3.8, 4) is 0 Å². The number of carbonyl (C=O) groups excluding carboxylic acids is 1. The van der Waals surface area contributed by atoms with E-state index in [2.05, 4.69) is 54.5 Å². The van der Waals surface area contributed by atoms with Gasteiger partial charge in [-0.3, -0.25) is 9.59 Å². The number of aliphatic carboxylic acids is 1. The lowest BCUT2D eigenvalue weighted by Gasteiger charge is -2.64. The molecule has 5 heteroatoms. The third-order valence-electron chi connectivity index (χ3n) is 13.9. The molecule has 0 aliphatic heterocycles. The molecule has 0 amide bonds. The fraction of sp³-hybridized carbons (Fsp3) is 0.886. The van der Waals surface area contributed by atoms with Crippen molar-refractivity contribution in [2.24, 2.45) is 50.7 Å². The molecule has 5 aliphatic carbocycles. The Hall–Kier alpha value is -1.36. The van der Waals surface area contributed by atoms with Gasteiger partial charge in [0.05, 0.1) is 18.9 Å². The van der Waals surface area contributed by atoms with Crippen LogP contribution in [0.4, 0.5) is 0 Å². The van der Waals surface area contributed by atoms with Gasteiger partial charge in [0.1, 0.15) is 6.10 Å². The van der Waals surface area contributed by atoms with E-state index in [0.29, 0.717) is 34.7 Å². The number of carboxylic acids is 1. The Morgan fingerprint density at radius 2 is 1.45 bits per heavy atom. The molecule has 226 valence electrons. The van der Waals surface area contributed by atoms with Crippen LogP contribution in [0.2, 0.25) is 0 Å². The highest BCUT2D eigenvalue weighted by Gasteiger charge is 2.63. The van der Waals surface area contributed by atoms with E-state index in [1.54, 1.807) is 5.57 Å². The third-order valence-corrected chi connectivity index (χ3v) is 13.9. The van der Waals surface area contributed by atoms with E-state index in [4.69, 9.17) is 14.6 Å². The number of hydrogen-bond donors (Lipinski definition) is 1. The zero-order valence-corrected chi connectivity index (χ0v) is 26.6. The van der Waals surface area contributed by atoms with Crippen LogP contribution in [0.15, 0.2) is 11.6 Å². The molecule has 4 fully saturated rings. The number of ether oxygens (including phenoxy) is 2. The summed E-state index contributed by atoms with van der Waals surface area (Å²) in [7, 11) is 1.91. The summed E-state index contributed by atoms with van der Waals surface area (Å²) < 4.78 is 12.0. The number of rotatable bonds is 5. The van der Waals surface area contributed by atoms with Crippen molar-refractivity contribution in [2.45, 2.75) is 138 Å². The summed E-state index contributed by atoms with van der Waals surface area (Å²) in [6, 6.07) is 0. The lowest BCUT2D eigenvalue weighted by atomic mass is 9.42. The maximum Gasteiger partial charge on any atom is 0.306 e. The van der Waals surface area contributed by atoms with Crippen LogP contribution in [0.3, 0.4) is 0 Å². The van der Waals surface area contributed by atoms with Gasteiger partial charge in [0, 0.05) is 12.5 Å². The highest BCUT2D eigenvalue weighted by atomic mass is 16.5. The van der Waals surface area contributed by atoms with Crippen molar-refractivity contribution in [3.05, 3.63) is 11.6 Å². The van der Waals surface area contributed by atoms with Crippen LogP contribution in [0.1, 0.15) is 126 Å². The molecule has 5 aliphatic rings. The van der Waals surface area contributed by atoms with Crippen LogP contribution in [0.5, 0.6) is 0 Å². The molecule has 0 aromatic carbocycles. The van der Waals surface area contributed by atoms with Gasteiger partial charge >= 0.3 is 11.9 Å². The van der Waals surface area contributed by atoms with Crippen LogP contribution in [-0.4, -0.2) is 36.4 Å². The van der Waals surface area contributed by atoms with E-state index in [0.717, 1.165) is 25.2 Å². The molecule has 0 radical (unpaired) electrons. The van der Waals surface area contributed by atoms with Crippen LogP contribution in [0, 0.1) is 50.7 Å². The Morgan fingerprint density at radius 3 is 2.12 bits per heavy atom. The van der Waals surface area contributed by atoms with Crippen molar-refractivity contribution >= 4 is 11.9 Å². The highest BCUT2D eigenvalue weighted by molar-refractivity contribution is 5.76. The molecule has 40 heavy (non-hydrogen) atoms. The summed E-state index contributed by atoms with van der Waals surface area (Å²) in [6.45, 7) is 17.4. The maximum absolute atomic E-state index is 12.5. The second-order valence-corrected chi connectivity index (χ2v) is 16.5. The molecule has 1 N–H and O–H groups in total. The first-order valence-corrected chi connectivity index (χ1v) is 16.2. The minimum absolute atomic E-state index is 0.0435. The molecule has 9 atom stereocenters. The normalized spacial score (nSPS) is 45.5. The zero-order valence-electron chi connectivity index (χ0n) is 26.6. The van der Waals surface area contributed by atoms with Crippen molar-refractivity contribution in [3.63, 3.8) is 0 Å². The molecule has 0 bridgehead atoms. The van der Waals surface area contributed by atoms with Crippen molar-refractivity contribution < 1.29 is 24.2 Å². The topological polar surface area (TPSA) is 72.8 Å². The molecule has 5 nitrogen and oxygen atoms in total. The average Bonchev–Trinajstić information content (AvgIpc) is 3.01. The SMILES string of the molecule is CO[C@@H]1CC[C@@]2(C)[C@@H](CC[C@@]3(C)CC4=CC[C@H]5C(C)(C)[C@H](OC(=O)CCC(=O)O)CC[C@]5(C)[C@H]4CC[C@@H]32)C1(C)C. The Labute approximate surface area is 243 Å². The van der Waals surface area contributed by atoms with E-state index in [1.165, 1.54) is 44.9 Å². The fourth-order valence-corrected chi connectivity index (χ4v) is 12.0. The number of esters is 1. The summed E-state index contributed by atoms with van der Waals surface area (Å²) in [5, 5.41) is 9.00. The smallest absolute Gasteiger partial charge is 0.306 e. The van der Waals surface area contributed by atoms with E-state index in [9.17, 15) is 9.59 Å². The number of hydrogen-bond acceptors (Lipinski definition) is 4. The van der Waals surface area contributed by atoms with Gasteiger partial charge in [-0.15, -0.1) is 0 Å². The first-order chi connectivity index (χ1) is 18.6. The molecular formula is C35H56O5. The molecule has 0 spiro atoms. The van der Waals surface area contributed by atoms with E-state index >= 15 is 0 Å². The maximum atomic E-state index is 12.5. The second kappa shape index (κ2) is 10.1. The molecule has 0 saturated heterocycles. The minimum Gasteiger partial charge on any atom is -0.481 e. The first-order valence-electron chi connectivity index (χ1n) is 16.2. The molecule has 5 rings (SSSR count). The highest BCUT2D eigenvalue weighted by Crippen LogP contribution is 2.70. The summed E-state index contributed by atoms with van der Waals surface area (Å²) in [6.07, 6.45) is 14.6. The predicted octanol–water partition coefficient (Wildman–Crippen LogP) is 8.21. The third kappa shape index (κ3) is 4.60. The van der Waals surface area contributed by atoms with Gasteiger partial charge in [-0.2, -0.15) is 0 Å². The predicted molar refractivity (Wildman–Crippen MR) is 158 cm³/mol. The van der Waals surface area contributed by atoms with E-state index < -0.39 is 5.97 Å². The number of fused-ring (bicyclic) bond motifs is 6. The number of allylic oxidation sites excluding steroid dienone is 2. The van der Waals surface area contributed by atoms with Gasteiger partial charge in [-0.1, -0.05) is 60.1 Å². The lowest BCUT2D eigenvalue weighted by molar-refractivity contribution is -0.178. The van der Waals surface area contributed by atoms with Gasteiger partial charge in [-0.05, 0) is 110 Å². The minimum atomic E-state index is -0.949. The molecule has 0 heterocycles. The van der Waals surface area contributed by atoms with E-state index in [-0.39, 0.29) is 41.2 Å². The van der Waals surface area contributed by atoms with Crippen LogP contribution in [-0.2, 0) is 19.1 Å². The van der Waals surface area contributed by atoms with Crippen LogP contribution >= 0.6 is 0 Å². The van der Waals surface area contributed by atoms with Crippen molar-refractivity contribution in [1.82, 2.24) is 0 Å². The van der Waals surface area contributed by atoms with Gasteiger partial charge in [0.15, 0.2) is 0 Å². The average molecular weight is 557 g/mol. The van der Waals surface area contributed by atoms with Gasteiger partial charge in [0.2, 0.25) is 0 Å². The summed E-state index contributed by atoms with van der Waals surface area (Å²) in [5.74, 6) is 1.18. The summed E-state index contributed by atoms with van der Waals surface area (Å²) in [4.78, 5) is 23.5. The Kier molecular flexibility index (Phi) is 7.62. The summed E-state index contributed by atoms with van der Waals surface area (Å²) >= 11 is 0. The van der Waals surface area contributed by atoms with Gasteiger partial charge in [-0.25, -0.2) is 0 Å². The number of methoxy groups -OCH3 is 1. The quantitative estimate of drug-likeness (QED) is 0.273. The molecule has 0 aromatic rings. The molecular weight excluding hydrogens is 500 g/mol. The molecule has 0 unspecified atom stereocenters. The fourth-order valence-electron chi connectivity index (χ4n) is 12.0. The Bertz CT molecular complexity index is 1040. The monoisotopic (exact) mass is 556 g/mol. The Morgan fingerprint density at radius 1 is 0.800 bits per heavy atom. The zero-order chi connectivity index (χ0) is 29.3. The van der Waals surface area contributed by atoms with Crippen LogP contribution < -0.4 is 0 Å². The standard InChI is InChI=1S/C35H56O5/c1-31(2)25-15-18-33(5)21-22-9-11-24-32(3,4)28(40-30(38)14-13-29(36)37)17-19-34(24,6)23(22)10-12-26(33)35(25,7)20-16-27(31)39-8/h9,23-28H,10-21H2,1-8H3,(H,36,37)/t23-,24-,25-,26-,27+,28+,33-,34+,35-/m0/s1. The Balaban J connectivity index is 1.39. The second-order valence-electron chi connectivity index (χ2n) is 16.5. The largest absolute Gasteiger partial charge is 0.481 e. The van der Waals surface area contributed by atoms with Gasteiger partial charge < -0.3 is 14.6 Å². The van der Waals surface area contributed by atoms with Crippen LogP contribution in [0.25, 0.3) is 0 Å². The van der Waals surface area contributed by atoms with Crippen molar-refractivity contribution in [1.29, 1.82) is 0 Å². The van der Waals surface area contributed by atoms with E-state index in [1.807, 2.05) is 7.11 Å².